The molecule has 1 unspecified atom stereocenters. The number of hydrogen-bond acceptors (Lipinski definition) is 0. The van der Waals surface area contributed by atoms with Gasteiger partial charge in [0.15, 0.2) is 0 Å². The Bertz CT molecular complexity index is 513. The fourth-order valence-corrected chi connectivity index (χ4v) is 2.89. The largest absolute Gasteiger partial charge is 0.0887 e. The molecule has 2 aromatic rings. The van der Waals surface area contributed by atoms with Gasteiger partial charge in [-0.15, -0.1) is 0 Å². The SMILES string of the molecule is Cc1ccc(CC(Br)CCc2ccccc2C)cc1. The maximum atomic E-state index is 3.82. The molecular formula is C18H21Br. The van der Waals surface area contributed by atoms with Crippen molar-refractivity contribution in [1.82, 2.24) is 0 Å². The Hall–Kier alpha value is -1.08. The molecule has 0 aromatic heterocycles. The zero-order chi connectivity index (χ0) is 13.7. The third-order valence-corrected chi connectivity index (χ3v) is 4.35. The number of halogens is 1. The molecule has 0 saturated heterocycles. The summed E-state index contributed by atoms with van der Waals surface area (Å²) >= 11 is 3.82. The van der Waals surface area contributed by atoms with Gasteiger partial charge in [-0.2, -0.15) is 0 Å². The molecule has 0 aliphatic rings. The molecule has 0 heterocycles. The normalized spacial score (nSPS) is 12.4. The Labute approximate surface area is 125 Å². The highest BCUT2D eigenvalue weighted by Crippen LogP contribution is 2.18. The predicted molar refractivity (Wildman–Crippen MR) is 87.1 cm³/mol. The van der Waals surface area contributed by atoms with Crippen molar-refractivity contribution in [2.24, 2.45) is 0 Å². The van der Waals surface area contributed by atoms with E-state index in [1.54, 1.807) is 0 Å². The molecule has 0 aliphatic heterocycles. The molecular weight excluding hydrogens is 296 g/mol. The third kappa shape index (κ3) is 4.50. The average molecular weight is 317 g/mol. The lowest BCUT2D eigenvalue weighted by Crippen LogP contribution is -2.05. The number of rotatable bonds is 5. The van der Waals surface area contributed by atoms with Crippen LogP contribution in [0.3, 0.4) is 0 Å². The molecule has 0 nitrogen and oxygen atoms in total. The minimum atomic E-state index is 0.551. The minimum absolute atomic E-state index is 0.551. The van der Waals surface area contributed by atoms with E-state index in [9.17, 15) is 0 Å². The first-order valence-electron chi connectivity index (χ1n) is 6.89. The Balaban J connectivity index is 1.86. The maximum absolute atomic E-state index is 3.82. The summed E-state index contributed by atoms with van der Waals surface area (Å²) in [6, 6.07) is 17.5. The molecule has 0 radical (unpaired) electrons. The molecule has 0 N–H and O–H groups in total. The smallest absolute Gasteiger partial charge is 0.0189 e. The van der Waals surface area contributed by atoms with Gasteiger partial charge < -0.3 is 0 Å². The van der Waals surface area contributed by atoms with Crippen LogP contribution >= 0.6 is 15.9 Å². The molecule has 0 fully saturated rings. The monoisotopic (exact) mass is 316 g/mol. The van der Waals surface area contributed by atoms with E-state index < -0.39 is 0 Å². The standard InChI is InChI=1S/C18H21Br/c1-14-7-9-16(10-8-14)13-18(19)12-11-17-6-4-3-5-15(17)2/h3-10,18H,11-13H2,1-2H3. The van der Waals surface area contributed by atoms with Crippen molar-refractivity contribution in [2.45, 2.75) is 37.9 Å². The highest BCUT2D eigenvalue weighted by molar-refractivity contribution is 9.09. The van der Waals surface area contributed by atoms with Gasteiger partial charge in [0.2, 0.25) is 0 Å². The van der Waals surface area contributed by atoms with E-state index in [4.69, 9.17) is 0 Å². The zero-order valence-electron chi connectivity index (χ0n) is 11.7. The first-order chi connectivity index (χ1) is 9.15. The van der Waals surface area contributed by atoms with Gasteiger partial charge in [0, 0.05) is 4.83 Å². The van der Waals surface area contributed by atoms with Gasteiger partial charge in [0.05, 0.1) is 0 Å². The van der Waals surface area contributed by atoms with E-state index in [2.05, 4.69) is 78.3 Å². The van der Waals surface area contributed by atoms with Gasteiger partial charge in [-0.1, -0.05) is 70.0 Å². The predicted octanol–water partition coefficient (Wildman–Crippen LogP) is 5.24. The van der Waals surface area contributed by atoms with Crippen LogP contribution in [0.25, 0.3) is 0 Å². The summed E-state index contributed by atoms with van der Waals surface area (Å²) in [6.45, 7) is 4.33. The highest BCUT2D eigenvalue weighted by atomic mass is 79.9. The number of alkyl halides is 1. The second kappa shape index (κ2) is 6.91. The lowest BCUT2D eigenvalue weighted by Gasteiger charge is -2.11. The van der Waals surface area contributed by atoms with Crippen LogP contribution in [-0.2, 0) is 12.8 Å². The van der Waals surface area contributed by atoms with Gasteiger partial charge in [-0.25, -0.2) is 0 Å². The molecule has 0 bridgehead atoms. The first-order valence-corrected chi connectivity index (χ1v) is 7.81. The van der Waals surface area contributed by atoms with Gasteiger partial charge in [0.25, 0.3) is 0 Å². The van der Waals surface area contributed by atoms with Gasteiger partial charge in [-0.05, 0) is 49.8 Å². The Morgan fingerprint density at radius 3 is 2.32 bits per heavy atom. The van der Waals surface area contributed by atoms with Crippen LogP contribution in [0.1, 0.15) is 28.7 Å². The summed E-state index contributed by atoms with van der Waals surface area (Å²) in [7, 11) is 0. The molecule has 2 rings (SSSR count). The molecule has 0 spiro atoms. The Kier molecular flexibility index (Phi) is 5.21. The number of aryl methyl sites for hydroxylation is 3. The van der Waals surface area contributed by atoms with Crippen LogP contribution in [0.2, 0.25) is 0 Å². The van der Waals surface area contributed by atoms with Crippen molar-refractivity contribution in [3.8, 4) is 0 Å². The first kappa shape index (κ1) is 14.3. The molecule has 0 aliphatic carbocycles. The molecule has 0 amide bonds. The van der Waals surface area contributed by atoms with E-state index in [0.717, 1.165) is 12.8 Å². The van der Waals surface area contributed by atoms with Crippen molar-refractivity contribution in [1.29, 1.82) is 0 Å². The number of hydrogen-bond donors (Lipinski definition) is 0. The van der Waals surface area contributed by atoms with Gasteiger partial charge in [-0.3, -0.25) is 0 Å². The van der Waals surface area contributed by atoms with Crippen LogP contribution in [0.5, 0.6) is 0 Å². The van der Waals surface area contributed by atoms with Crippen LogP contribution in [0.15, 0.2) is 48.5 Å². The van der Waals surface area contributed by atoms with E-state index in [1.165, 1.54) is 28.7 Å². The van der Waals surface area contributed by atoms with Crippen LogP contribution in [0.4, 0.5) is 0 Å². The second-order valence-corrected chi connectivity index (χ2v) is 6.55. The van der Waals surface area contributed by atoms with E-state index in [1.807, 2.05) is 0 Å². The zero-order valence-corrected chi connectivity index (χ0v) is 13.3. The van der Waals surface area contributed by atoms with Crippen LogP contribution < -0.4 is 0 Å². The van der Waals surface area contributed by atoms with E-state index in [-0.39, 0.29) is 0 Å². The lowest BCUT2D eigenvalue weighted by molar-refractivity contribution is 0.760. The van der Waals surface area contributed by atoms with Gasteiger partial charge >= 0.3 is 0 Å². The van der Waals surface area contributed by atoms with Crippen molar-refractivity contribution < 1.29 is 0 Å². The van der Waals surface area contributed by atoms with Gasteiger partial charge in [0.1, 0.15) is 0 Å². The molecule has 1 heteroatoms. The second-order valence-electron chi connectivity index (χ2n) is 5.25. The van der Waals surface area contributed by atoms with Crippen molar-refractivity contribution in [2.75, 3.05) is 0 Å². The summed E-state index contributed by atoms with van der Waals surface area (Å²) in [5, 5.41) is 0. The summed E-state index contributed by atoms with van der Waals surface area (Å²) in [6.07, 6.45) is 3.43. The molecule has 1 atom stereocenters. The summed E-state index contributed by atoms with van der Waals surface area (Å²) in [5.74, 6) is 0. The average Bonchev–Trinajstić information content (AvgIpc) is 2.40. The summed E-state index contributed by atoms with van der Waals surface area (Å²) < 4.78 is 0. The Morgan fingerprint density at radius 2 is 1.63 bits per heavy atom. The molecule has 2 aromatic carbocycles. The Morgan fingerprint density at radius 1 is 0.947 bits per heavy atom. The number of benzene rings is 2. The van der Waals surface area contributed by atoms with Crippen LogP contribution in [0, 0.1) is 13.8 Å². The van der Waals surface area contributed by atoms with E-state index >= 15 is 0 Å². The summed E-state index contributed by atoms with van der Waals surface area (Å²) in [5.41, 5.74) is 5.61. The molecule has 0 saturated carbocycles. The van der Waals surface area contributed by atoms with E-state index in [0.29, 0.717) is 4.83 Å². The fourth-order valence-electron chi connectivity index (χ4n) is 2.28. The highest BCUT2D eigenvalue weighted by Gasteiger charge is 2.07. The fraction of sp³-hybridized carbons (Fsp3) is 0.333. The third-order valence-electron chi connectivity index (χ3n) is 3.57. The van der Waals surface area contributed by atoms with Crippen molar-refractivity contribution in [3.05, 3.63) is 70.8 Å². The van der Waals surface area contributed by atoms with Crippen molar-refractivity contribution >= 4 is 15.9 Å². The maximum Gasteiger partial charge on any atom is 0.0189 e. The minimum Gasteiger partial charge on any atom is -0.0887 e. The topological polar surface area (TPSA) is 0 Å². The molecule has 19 heavy (non-hydrogen) atoms. The molecule has 100 valence electrons. The lowest BCUT2D eigenvalue weighted by atomic mass is 10.0. The summed E-state index contributed by atoms with van der Waals surface area (Å²) in [4.78, 5) is 0.551. The van der Waals surface area contributed by atoms with Crippen molar-refractivity contribution in [3.63, 3.8) is 0 Å². The van der Waals surface area contributed by atoms with Crippen LogP contribution in [-0.4, -0.2) is 4.83 Å². The quantitative estimate of drug-likeness (QED) is 0.661.